The predicted octanol–water partition coefficient (Wildman–Crippen LogP) is 1.63. The predicted molar refractivity (Wildman–Crippen MR) is 54.2 cm³/mol. The number of hydrogen-bond donors (Lipinski definition) is 0. The summed E-state index contributed by atoms with van der Waals surface area (Å²) < 4.78 is 4.88. The molecule has 4 nitrogen and oxygen atoms in total. The van der Waals surface area contributed by atoms with Gasteiger partial charge in [-0.05, 0) is 25.5 Å². The topological polar surface area (TPSA) is 63.0 Å². The number of carbonyl (C=O) groups is 1. The molecule has 0 unspecified atom stereocenters. The molecule has 0 aliphatic carbocycles. The van der Waals surface area contributed by atoms with Gasteiger partial charge in [0.2, 0.25) is 0 Å². The molecule has 1 aromatic heterocycles. The van der Waals surface area contributed by atoms with Crippen molar-refractivity contribution in [2.45, 2.75) is 20.3 Å². The molecule has 0 spiro atoms. The van der Waals surface area contributed by atoms with E-state index in [1.54, 1.807) is 26.1 Å². The zero-order valence-corrected chi connectivity index (χ0v) is 8.78. The van der Waals surface area contributed by atoms with Crippen molar-refractivity contribution in [2.24, 2.45) is 0 Å². The van der Waals surface area contributed by atoms with E-state index in [0.29, 0.717) is 17.9 Å². The van der Waals surface area contributed by atoms with Gasteiger partial charge in [0.15, 0.2) is 0 Å². The van der Waals surface area contributed by atoms with E-state index in [1.165, 1.54) is 0 Å². The molecule has 0 bridgehead atoms. The second-order valence-corrected chi connectivity index (χ2v) is 3.03. The van der Waals surface area contributed by atoms with Crippen molar-refractivity contribution < 1.29 is 9.53 Å². The number of aryl methyl sites for hydroxylation is 1. The van der Waals surface area contributed by atoms with Crippen molar-refractivity contribution in [3.05, 3.63) is 29.1 Å². The largest absolute Gasteiger partial charge is 0.462 e. The Morgan fingerprint density at radius 3 is 3.00 bits per heavy atom. The third-order valence-corrected chi connectivity index (χ3v) is 1.92. The minimum absolute atomic E-state index is 0.250. The van der Waals surface area contributed by atoms with Gasteiger partial charge in [-0.1, -0.05) is 0 Å². The van der Waals surface area contributed by atoms with Gasteiger partial charge in [-0.25, -0.2) is 4.79 Å². The summed E-state index contributed by atoms with van der Waals surface area (Å²) in [5.41, 5.74) is 1.78. The lowest BCUT2D eigenvalue weighted by Crippen LogP contribution is -2.08. The Morgan fingerprint density at radius 1 is 1.67 bits per heavy atom. The molecule has 0 saturated carbocycles. The molecule has 0 radical (unpaired) electrons. The number of nitrogens with zero attached hydrogens (tertiary/aromatic N) is 2. The van der Waals surface area contributed by atoms with Crippen LogP contribution in [-0.4, -0.2) is 17.6 Å². The maximum Gasteiger partial charge on any atom is 0.339 e. The van der Waals surface area contributed by atoms with Crippen molar-refractivity contribution in [3.63, 3.8) is 0 Å². The molecule has 0 amide bonds. The quantitative estimate of drug-likeness (QED) is 0.702. The number of esters is 1. The maximum atomic E-state index is 11.5. The Hall–Kier alpha value is -1.89. The average molecular weight is 204 g/mol. The molecule has 0 atom stereocenters. The molecule has 1 rings (SSSR count). The van der Waals surface area contributed by atoms with E-state index in [4.69, 9.17) is 10.00 Å². The van der Waals surface area contributed by atoms with E-state index >= 15 is 0 Å². The fourth-order valence-electron chi connectivity index (χ4n) is 1.18. The van der Waals surface area contributed by atoms with Crippen LogP contribution in [0.15, 0.2) is 12.3 Å². The normalized spacial score (nSPS) is 9.40. The fourth-order valence-corrected chi connectivity index (χ4v) is 1.18. The summed E-state index contributed by atoms with van der Waals surface area (Å²) in [6.07, 6.45) is 1.85. The third kappa shape index (κ3) is 2.78. The van der Waals surface area contributed by atoms with Crippen LogP contribution in [0, 0.1) is 18.3 Å². The number of pyridine rings is 1. The molecule has 0 aliphatic heterocycles. The van der Waals surface area contributed by atoms with Gasteiger partial charge < -0.3 is 4.74 Å². The highest BCUT2D eigenvalue weighted by Crippen LogP contribution is 2.10. The highest BCUT2D eigenvalue weighted by Gasteiger charge is 2.11. The minimum atomic E-state index is -0.387. The van der Waals surface area contributed by atoms with Gasteiger partial charge in [-0.3, -0.25) is 4.98 Å². The Balaban J connectivity index is 3.00. The molecule has 1 aromatic rings. The fraction of sp³-hybridized carbons (Fsp3) is 0.364. The van der Waals surface area contributed by atoms with Gasteiger partial charge in [-0.15, -0.1) is 0 Å². The van der Waals surface area contributed by atoms with Crippen LogP contribution in [0.2, 0.25) is 0 Å². The maximum absolute atomic E-state index is 11.5. The highest BCUT2D eigenvalue weighted by atomic mass is 16.5. The van der Waals surface area contributed by atoms with E-state index in [9.17, 15) is 4.79 Å². The molecule has 0 N–H and O–H groups in total. The van der Waals surface area contributed by atoms with Crippen LogP contribution in [0.3, 0.4) is 0 Å². The van der Waals surface area contributed by atoms with Crippen molar-refractivity contribution in [1.29, 1.82) is 5.26 Å². The average Bonchev–Trinajstić information content (AvgIpc) is 2.21. The van der Waals surface area contributed by atoms with Crippen molar-refractivity contribution >= 4 is 5.97 Å². The van der Waals surface area contributed by atoms with Gasteiger partial charge in [0.05, 0.1) is 30.4 Å². The van der Waals surface area contributed by atoms with E-state index < -0.39 is 0 Å². The number of aromatic nitrogens is 1. The first kappa shape index (κ1) is 11.2. The monoisotopic (exact) mass is 204 g/mol. The summed E-state index contributed by atoms with van der Waals surface area (Å²) in [4.78, 5) is 15.5. The summed E-state index contributed by atoms with van der Waals surface area (Å²) in [6.45, 7) is 3.82. The summed E-state index contributed by atoms with van der Waals surface area (Å²) in [5.74, 6) is -0.387. The zero-order chi connectivity index (χ0) is 11.3. The van der Waals surface area contributed by atoms with E-state index in [2.05, 4.69) is 4.98 Å². The molecular weight excluding hydrogens is 192 g/mol. The molecule has 0 saturated heterocycles. The molecule has 15 heavy (non-hydrogen) atoms. The molecule has 0 aromatic carbocycles. The third-order valence-electron chi connectivity index (χ3n) is 1.92. The van der Waals surface area contributed by atoms with Crippen LogP contribution in [-0.2, 0) is 11.2 Å². The molecule has 0 aliphatic rings. The lowest BCUT2D eigenvalue weighted by Gasteiger charge is -2.05. The van der Waals surface area contributed by atoms with Gasteiger partial charge in [0.1, 0.15) is 0 Å². The minimum Gasteiger partial charge on any atom is -0.462 e. The van der Waals surface area contributed by atoms with E-state index in [0.717, 1.165) is 5.56 Å². The van der Waals surface area contributed by atoms with Gasteiger partial charge in [-0.2, -0.15) is 5.26 Å². The van der Waals surface area contributed by atoms with Crippen LogP contribution in [0.4, 0.5) is 0 Å². The standard InChI is InChI=1S/C11H12N2O2/c1-3-15-11(14)10-6-9(4-5-12)7-13-8(10)2/h6-7H,3-4H2,1-2H3. The highest BCUT2D eigenvalue weighted by molar-refractivity contribution is 5.90. The molecule has 78 valence electrons. The summed E-state index contributed by atoms with van der Waals surface area (Å²) in [6, 6.07) is 3.67. The molecule has 0 fully saturated rings. The smallest absolute Gasteiger partial charge is 0.339 e. The number of carbonyl (C=O) groups excluding carboxylic acids is 1. The van der Waals surface area contributed by atoms with Crippen molar-refractivity contribution in [3.8, 4) is 6.07 Å². The number of hydrogen-bond acceptors (Lipinski definition) is 4. The van der Waals surface area contributed by atoms with Gasteiger partial charge in [0.25, 0.3) is 0 Å². The van der Waals surface area contributed by atoms with Crippen LogP contribution in [0.5, 0.6) is 0 Å². The zero-order valence-electron chi connectivity index (χ0n) is 8.78. The first-order chi connectivity index (χ1) is 7.19. The Kier molecular flexibility index (Phi) is 3.81. The molecule has 1 heterocycles. The lowest BCUT2D eigenvalue weighted by atomic mass is 10.1. The van der Waals surface area contributed by atoms with E-state index in [1.807, 2.05) is 6.07 Å². The Labute approximate surface area is 88.5 Å². The second-order valence-electron chi connectivity index (χ2n) is 3.03. The number of rotatable bonds is 3. The van der Waals surface area contributed by atoms with Crippen LogP contribution < -0.4 is 0 Å². The SMILES string of the molecule is CCOC(=O)c1cc(CC#N)cnc1C. The first-order valence-electron chi connectivity index (χ1n) is 4.68. The molecular formula is C11H12N2O2. The summed E-state index contributed by atoms with van der Waals surface area (Å²) >= 11 is 0. The van der Waals surface area contributed by atoms with Crippen LogP contribution >= 0.6 is 0 Å². The second kappa shape index (κ2) is 5.11. The van der Waals surface area contributed by atoms with Gasteiger partial charge in [0, 0.05) is 6.20 Å². The van der Waals surface area contributed by atoms with Crippen molar-refractivity contribution in [1.82, 2.24) is 4.98 Å². The van der Waals surface area contributed by atoms with E-state index in [-0.39, 0.29) is 12.4 Å². The summed E-state index contributed by atoms with van der Waals surface area (Å²) in [7, 11) is 0. The van der Waals surface area contributed by atoms with Crippen LogP contribution in [0.1, 0.15) is 28.5 Å². The summed E-state index contributed by atoms with van der Waals surface area (Å²) in [5, 5.41) is 8.53. The number of ether oxygens (including phenoxy) is 1. The van der Waals surface area contributed by atoms with Gasteiger partial charge >= 0.3 is 5.97 Å². The molecule has 4 heteroatoms. The Morgan fingerprint density at radius 2 is 2.40 bits per heavy atom. The van der Waals surface area contributed by atoms with Crippen molar-refractivity contribution in [2.75, 3.05) is 6.61 Å². The first-order valence-corrected chi connectivity index (χ1v) is 4.68. The lowest BCUT2D eigenvalue weighted by molar-refractivity contribution is 0.0525. The van der Waals surface area contributed by atoms with Crippen LogP contribution in [0.25, 0.3) is 0 Å². The number of nitriles is 1. The Bertz CT molecular complexity index is 408.